The monoisotopic (exact) mass is 343 g/mol. The summed E-state index contributed by atoms with van der Waals surface area (Å²) in [7, 11) is 0. The number of rotatable bonds is 4. The maximum absolute atomic E-state index is 12.4. The number of hydrogen-bond acceptors (Lipinski definition) is 6. The minimum absolute atomic E-state index is 0.127. The molecule has 1 saturated heterocycles. The average molecular weight is 343 g/mol. The van der Waals surface area contributed by atoms with Crippen LogP contribution in [0.5, 0.6) is 0 Å². The largest absolute Gasteiger partial charge is 0.449 e. The molecule has 0 bridgehead atoms. The zero-order valence-corrected chi connectivity index (χ0v) is 14.2. The Kier molecular flexibility index (Phi) is 5.42. The van der Waals surface area contributed by atoms with Gasteiger partial charge >= 0.3 is 5.97 Å². The predicted octanol–water partition coefficient (Wildman–Crippen LogP) is 2.68. The number of nitrogens with zero attached hydrogens (tertiary/aromatic N) is 3. The van der Waals surface area contributed by atoms with Gasteiger partial charge in [0.2, 0.25) is 12.3 Å². The van der Waals surface area contributed by atoms with Crippen molar-refractivity contribution in [3.8, 4) is 11.5 Å². The number of benzene rings is 1. The van der Waals surface area contributed by atoms with Crippen molar-refractivity contribution in [3.63, 3.8) is 0 Å². The van der Waals surface area contributed by atoms with Crippen LogP contribution in [0.1, 0.15) is 43.0 Å². The van der Waals surface area contributed by atoms with Crippen LogP contribution in [-0.2, 0) is 9.53 Å². The Bertz CT molecular complexity index is 704. The maximum Gasteiger partial charge on any atom is 0.338 e. The van der Waals surface area contributed by atoms with E-state index in [-0.39, 0.29) is 5.91 Å². The molecule has 1 aliphatic heterocycles. The summed E-state index contributed by atoms with van der Waals surface area (Å²) >= 11 is 0. The molecular formula is C18H21N3O4. The lowest BCUT2D eigenvalue weighted by Gasteiger charge is -2.24. The highest BCUT2D eigenvalue weighted by atomic mass is 16.5. The molecule has 1 atom stereocenters. The minimum Gasteiger partial charge on any atom is -0.449 e. The van der Waals surface area contributed by atoms with E-state index in [1.165, 1.54) is 6.39 Å². The third kappa shape index (κ3) is 4.23. The van der Waals surface area contributed by atoms with Crippen molar-refractivity contribution in [2.75, 3.05) is 13.1 Å². The molecule has 2 aromatic rings. The van der Waals surface area contributed by atoms with Crippen molar-refractivity contribution in [1.29, 1.82) is 0 Å². The lowest BCUT2D eigenvalue weighted by Crippen LogP contribution is -2.40. The van der Waals surface area contributed by atoms with Gasteiger partial charge in [0.1, 0.15) is 0 Å². The van der Waals surface area contributed by atoms with Crippen molar-refractivity contribution < 1.29 is 18.7 Å². The smallest absolute Gasteiger partial charge is 0.338 e. The third-order valence-corrected chi connectivity index (χ3v) is 4.28. The van der Waals surface area contributed by atoms with Gasteiger partial charge in [0, 0.05) is 18.7 Å². The molecule has 25 heavy (non-hydrogen) atoms. The van der Waals surface area contributed by atoms with Crippen molar-refractivity contribution in [2.45, 2.75) is 38.7 Å². The molecule has 0 N–H and O–H groups in total. The zero-order valence-electron chi connectivity index (χ0n) is 14.2. The number of esters is 1. The zero-order chi connectivity index (χ0) is 17.6. The van der Waals surface area contributed by atoms with Crippen LogP contribution < -0.4 is 0 Å². The van der Waals surface area contributed by atoms with Gasteiger partial charge in [-0.2, -0.15) is 0 Å². The highest BCUT2D eigenvalue weighted by Gasteiger charge is 2.25. The Morgan fingerprint density at radius 2 is 1.80 bits per heavy atom. The molecule has 7 heteroatoms. The van der Waals surface area contributed by atoms with Gasteiger partial charge in [-0.1, -0.05) is 12.8 Å². The van der Waals surface area contributed by atoms with Crippen molar-refractivity contribution in [1.82, 2.24) is 15.1 Å². The molecule has 2 heterocycles. The van der Waals surface area contributed by atoms with Gasteiger partial charge in [-0.15, -0.1) is 10.2 Å². The fourth-order valence-corrected chi connectivity index (χ4v) is 2.87. The molecule has 0 aliphatic carbocycles. The first kappa shape index (κ1) is 17.1. The summed E-state index contributed by atoms with van der Waals surface area (Å²) in [5.74, 6) is -0.268. The quantitative estimate of drug-likeness (QED) is 0.794. The number of carbonyl (C=O) groups excluding carboxylic acids is 2. The molecule has 0 spiro atoms. The van der Waals surface area contributed by atoms with E-state index in [4.69, 9.17) is 9.15 Å². The number of ether oxygens (including phenoxy) is 1. The van der Waals surface area contributed by atoms with Gasteiger partial charge in [0.25, 0.3) is 5.91 Å². The second-order valence-corrected chi connectivity index (χ2v) is 6.11. The van der Waals surface area contributed by atoms with Gasteiger partial charge in [0.05, 0.1) is 5.56 Å². The van der Waals surface area contributed by atoms with Crippen LogP contribution in [0.4, 0.5) is 0 Å². The van der Waals surface area contributed by atoms with E-state index in [0.29, 0.717) is 17.0 Å². The van der Waals surface area contributed by atoms with E-state index in [1.807, 2.05) is 0 Å². The number of aromatic nitrogens is 2. The summed E-state index contributed by atoms with van der Waals surface area (Å²) in [4.78, 5) is 26.5. The second-order valence-electron chi connectivity index (χ2n) is 6.11. The highest BCUT2D eigenvalue weighted by molar-refractivity contribution is 5.92. The molecule has 7 nitrogen and oxygen atoms in total. The van der Waals surface area contributed by atoms with E-state index in [1.54, 1.807) is 36.1 Å². The molecule has 1 aliphatic rings. The van der Waals surface area contributed by atoms with Crippen LogP contribution in [0.2, 0.25) is 0 Å². The number of amides is 1. The Balaban J connectivity index is 1.60. The van der Waals surface area contributed by atoms with Gasteiger partial charge in [-0.25, -0.2) is 4.79 Å². The molecule has 132 valence electrons. The number of carbonyl (C=O) groups is 2. The summed E-state index contributed by atoms with van der Waals surface area (Å²) in [5.41, 5.74) is 1.08. The Morgan fingerprint density at radius 1 is 1.12 bits per heavy atom. The topological polar surface area (TPSA) is 85.5 Å². The third-order valence-electron chi connectivity index (χ3n) is 4.28. The molecule has 0 saturated carbocycles. The predicted molar refractivity (Wildman–Crippen MR) is 89.7 cm³/mol. The van der Waals surface area contributed by atoms with E-state index >= 15 is 0 Å². The Hall–Kier alpha value is -2.70. The standard InChI is InChI=1S/C18H21N3O4/c1-13(17(22)21-10-4-2-3-5-11-21)25-18(23)15-8-6-14(7-9-15)16-20-19-12-24-16/h6-9,12-13H,2-5,10-11H2,1H3/t13-/m1/s1. The molecule has 0 unspecified atom stereocenters. The van der Waals surface area contributed by atoms with Gasteiger partial charge in [0.15, 0.2) is 6.10 Å². The number of likely N-dealkylation sites (tertiary alicyclic amines) is 1. The molecule has 1 amide bonds. The van der Waals surface area contributed by atoms with Gasteiger partial charge < -0.3 is 14.1 Å². The summed E-state index contributed by atoms with van der Waals surface area (Å²) in [6.07, 6.45) is 4.75. The first-order chi connectivity index (χ1) is 12.1. The first-order valence-electron chi connectivity index (χ1n) is 8.51. The summed E-state index contributed by atoms with van der Waals surface area (Å²) in [5, 5.41) is 7.42. The van der Waals surface area contributed by atoms with Crippen LogP contribution in [-0.4, -0.2) is 46.2 Å². The highest BCUT2D eigenvalue weighted by Crippen LogP contribution is 2.18. The van der Waals surface area contributed by atoms with Crippen LogP contribution in [0.3, 0.4) is 0 Å². The van der Waals surface area contributed by atoms with E-state index in [9.17, 15) is 9.59 Å². The molecule has 1 aromatic carbocycles. The van der Waals surface area contributed by atoms with E-state index < -0.39 is 12.1 Å². The number of hydrogen-bond donors (Lipinski definition) is 0. The lowest BCUT2D eigenvalue weighted by atomic mass is 10.1. The maximum atomic E-state index is 12.4. The van der Waals surface area contributed by atoms with Gasteiger partial charge in [-0.3, -0.25) is 4.79 Å². The molecule has 3 rings (SSSR count). The van der Waals surface area contributed by atoms with E-state index in [0.717, 1.165) is 38.8 Å². The fourth-order valence-electron chi connectivity index (χ4n) is 2.87. The Morgan fingerprint density at radius 3 is 2.40 bits per heavy atom. The van der Waals surface area contributed by atoms with Crippen LogP contribution in [0.15, 0.2) is 35.1 Å². The fraction of sp³-hybridized carbons (Fsp3) is 0.444. The van der Waals surface area contributed by atoms with Crippen LogP contribution >= 0.6 is 0 Å². The second kappa shape index (κ2) is 7.92. The normalized spacial score (nSPS) is 16.1. The van der Waals surface area contributed by atoms with Crippen molar-refractivity contribution >= 4 is 11.9 Å². The first-order valence-corrected chi connectivity index (χ1v) is 8.51. The van der Waals surface area contributed by atoms with Crippen molar-refractivity contribution in [3.05, 3.63) is 36.2 Å². The van der Waals surface area contributed by atoms with E-state index in [2.05, 4.69) is 10.2 Å². The van der Waals surface area contributed by atoms with Crippen LogP contribution in [0, 0.1) is 0 Å². The van der Waals surface area contributed by atoms with Gasteiger partial charge in [-0.05, 0) is 44.0 Å². The summed E-state index contributed by atoms with van der Waals surface area (Å²) < 4.78 is 10.4. The molecule has 0 radical (unpaired) electrons. The van der Waals surface area contributed by atoms with Crippen molar-refractivity contribution in [2.24, 2.45) is 0 Å². The molecule has 1 aromatic heterocycles. The SMILES string of the molecule is C[C@@H](OC(=O)c1ccc(-c2nnco2)cc1)C(=O)N1CCCCCC1. The molecular weight excluding hydrogens is 322 g/mol. The minimum atomic E-state index is -0.791. The summed E-state index contributed by atoms with van der Waals surface area (Å²) in [6, 6.07) is 6.63. The molecule has 1 fully saturated rings. The lowest BCUT2D eigenvalue weighted by molar-refractivity contribution is -0.139. The average Bonchev–Trinajstić information content (AvgIpc) is 3.03. The Labute approximate surface area is 146 Å². The summed E-state index contributed by atoms with van der Waals surface area (Å²) in [6.45, 7) is 3.09. The van der Waals surface area contributed by atoms with Crippen LogP contribution in [0.25, 0.3) is 11.5 Å².